The van der Waals surface area contributed by atoms with Crippen molar-refractivity contribution in [2.75, 3.05) is 24.8 Å². The number of rotatable bonds is 11. The highest BCUT2D eigenvalue weighted by Crippen LogP contribution is 2.38. The predicted molar refractivity (Wildman–Crippen MR) is 156 cm³/mol. The van der Waals surface area contributed by atoms with Crippen LogP contribution in [0.2, 0.25) is 0 Å². The molecule has 0 saturated heterocycles. The summed E-state index contributed by atoms with van der Waals surface area (Å²) in [7, 11) is 0. The van der Waals surface area contributed by atoms with Crippen LogP contribution in [0.1, 0.15) is 33.2 Å². The summed E-state index contributed by atoms with van der Waals surface area (Å²) < 4.78 is 42.6. The molecule has 1 atom stereocenters. The van der Waals surface area contributed by atoms with E-state index in [1.807, 2.05) is 60.7 Å². The molecule has 3 aromatic carbocycles. The minimum Gasteiger partial charge on any atom is -0.489 e. The minimum atomic E-state index is -1.06. The Kier molecular flexibility index (Phi) is 8.47. The second-order valence-electron chi connectivity index (χ2n) is 9.59. The first-order valence-electron chi connectivity index (χ1n) is 13.3. The minimum absolute atomic E-state index is 0.00334. The van der Waals surface area contributed by atoms with Crippen LogP contribution in [-0.2, 0) is 6.61 Å². The van der Waals surface area contributed by atoms with Gasteiger partial charge in [0.1, 0.15) is 31.7 Å². The normalized spacial score (nSPS) is 13.3. The highest BCUT2D eigenvalue weighted by molar-refractivity contribution is 5.96. The summed E-state index contributed by atoms with van der Waals surface area (Å²) in [6, 6.07) is 21.1. The highest BCUT2D eigenvalue weighted by Gasteiger charge is 2.38. The number of benzene rings is 3. The molecule has 0 radical (unpaired) electrons. The van der Waals surface area contributed by atoms with E-state index < -0.39 is 29.0 Å². The number of carbonyl (C=O) groups is 1. The van der Waals surface area contributed by atoms with Gasteiger partial charge in [-0.3, -0.25) is 19.3 Å². The van der Waals surface area contributed by atoms with Gasteiger partial charge < -0.3 is 14.4 Å². The highest BCUT2D eigenvalue weighted by atomic mass is 19.2. The molecule has 0 aliphatic carbocycles. The van der Waals surface area contributed by atoms with Gasteiger partial charge in [-0.05, 0) is 17.2 Å². The maximum atomic E-state index is 14.8. The molecule has 0 N–H and O–H groups in total. The van der Waals surface area contributed by atoms with E-state index in [0.29, 0.717) is 11.1 Å². The maximum Gasteiger partial charge on any atom is 0.278 e. The van der Waals surface area contributed by atoms with Crippen LogP contribution in [0.15, 0.2) is 115 Å². The SMILES string of the molecule is C=CCOc1cc(F)c(F)cc1C(c1ccccc1)N1CN(CC=C)C(=O)c2c(OCc3ccccc3)c(=O)ccn21. The van der Waals surface area contributed by atoms with Crippen molar-refractivity contribution in [1.29, 1.82) is 0 Å². The molecule has 214 valence electrons. The van der Waals surface area contributed by atoms with Crippen LogP contribution in [0.25, 0.3) is 0 Å². The molecule has 1 aliphatic rings. The number of hydrogen-bond acceptors (Lipinski definition) is 5. The molecule has 1 aliphatic heterocycles. The summed E-state index contributed by atoms with van der Waals surface area (Å²) in [5.41, 5.74) is 1.37. The van der Waals surface area contributed by atoms with Gasteiger partial charge >= 0.3 is 0 Å². The van der Waals surface area contributed by atoms with Gasteiger partial charge in [0.15, 0.2) is 23.1 Å². The topological polar surface area (TPSA) is 64.0 Å². The monoisotopic (exact) mass is 569 g/mol. The molecule has 0 saturated carbocycles. The first-order chi connectivity index (χ1) is 20.4. The molecule has 4 aromatic rings. The Morgan fingerprint density at radius 2 is 1.57 bits per heavy atom. The van der Waals surface area contributed by atoms with Crippen LogP contribution < -0.4 is 19.9 Å². The largest absolute Gasteiger partial charge is 0.489 e. The summed E-state index contributed by atoms with van der Waals surface area (Å²) in [5.74, 6) is -2.57. The van der Waals surface area contributed by atoms with Crippen molar-refractivity contribution in [3.63, 3.8) is 0 Å². The Morgan fingerprint density at radius 1 is 0.881 bits per heavy atom. The van der Waals surface area contributed by atoms with Crippen LogP contribution in [0, 0.1) is 11.6 Å². The number of hydrogen-bond donors (Lipinski definition) is 0. The molecule has 2 heterocycles. The van der Waals surface area contributed by atoms with Gasteiger partial charge in [-0.15, -0.1) is 6.58 Å². The van der Waals surface area contributed by atoms with Crippen LogP contribution in [0.3, 0.4) is 0 Å². The van der Waals surface area contributed by atoms with Gasteiger partial charge in [0.2, 0.25) is 5.43 Å². The number of fused-ring (bicyclic) bond motifs is 1. The lowest BCUT2D eigenvalue weighted by Gasteiger charge is -2.44. The zero-order valence-corrected chi connectivity index (χ0v) is 22.8. The Balaban J connectivity index is 1.71. The van der Waals surface area contributed by atoms with E-state index in [2.05, 4.69) is 13.2 Å². The fraction of sp³-hybridized carbons (Fsp3) is 0.152. The zero-order valence-electron chi connectivity index (χ0n) is 22.8. The summed E-state index contributed by atoms with van der Waals surface area (Å²) in [5, 5.41) is 1.78. The molecule has 1 aromatic heterocycles. The Labute approximate surface area is 242 Å². The van der Waals surface area contributed by atoms with Crippen LogP contribution in [0.4, 0.5) is 8.78 Å². The van der Waals surface area contributed by atoms with Gasteiger partial charge in [-0.2, -0.15) is 0 Å². The van der Waals surface area contributed by atoms with Gasteiger partial charge in [0.25, 0.3) is 5.91 Å². The zero-order chi connectivity index (χ0) is 29.6. The lowest BCUT2D eigenvalue weighted by Crippen LogP contribution is -2.55. The van der Waals surface area contributed by atoms with Crippen molar-refractivity contribution >= 4 is 5.91 Å². The Bertz CT molecular complexity index is 1660. The average molecular weight is 570 g/mol. The number of pyridine rings is 1. The number of aromatic nitrogens is 1. The number of nitrogens with zero attached hydrogens (tertiary/aromatic N) is 3. The quantitative estimate of drug-likeness (QED) is 0.220. The lowest BCUT2D eigenvalue weighted by molar-refractivity contribution is 0.0698. The van der Waals surface area contributed by atoms with Gasteiger partial charge in [-0.25, -0.2) is 8.78 Å². The fourth-order valence-electron chi connectivity index (χ4n) is 4.93. The van der Waals surface area contributed by atoms with Gasteiger partial charge in [0.05, 0.1) is 0 Å². The molecule has 0 spiro atoms. The first-order valence-corrected chi connectivity index (χ1v) is 13.3. The summed E-state index contributed by atoms with van der Waals surface area (Å²) in [6.45, 7) is 7.75. The number of amides is 1. The van der Waals surface area contributed by atoms with Crippen molar-refractivity contribution in [3.8, 4) is 11.5 Å². The van der Waals surface area contributed by atoms with Crippen molar-refractivity contribution in [2.24, 2.45) is 0 Å². The smallest absolute Gasteiger partial charge is 0.278 e. The van der Waals surface area contributed by atoms with E-state index in [-0.39, 0.29) is 43.6 Å². The molecule has 9 heteroatoms. The standard InChI is InChI=1S/C33H29F2N3O4/c1-3-16-36-22-38(37-17-15-28(39)32(31(37)33(36)40)42-21-23-11-7-5-8-12-23)30(24-13-9-6-10-14-24)25-19-26(34)27(35)20-29(25)41-18-4-2/h3-15,17,19-20,30H,1-2,16,18,21-22H2. The number of carbonyl (C=O) groups excluding carboxylic acids is 1. The van der Waals surface area contributed by atoms with Crippen molar-refractivity contribution in [2.45, 2.75) is 12.6 Å². The molecule has 1 unspecified atom stereocenters. The third kappa shape index (κ3) is 5.67. The molecule has 5 rings (SSSR count). The van der Waals surface area contributed by atoms with Crippen molar-refractivity contribution in [3.05, 3.63) is 155 Å². The van der Waals surface area contributed by atoms with Crippen molar-refractivity contribution in [1.82, 2.24) is 9.58 Å². The Hall–Kier alpha value is -5.18. The van der Waals surface area contributed by atoms with E-state index in [0.717, 1.165) is 17.7 Å². The predicted octanol–water partition coefficient (Wildman–Crippen LogP) is 5.60. The molecular formula is C33H29F2N3O4. The summed E-state index contributed by atoms with van der Waals surface area (Å²) in [4.78, 5) is 28.4. The molecule has 42 heavy (non-hydrogen) atoms. The third-order valence-corrected chi connectivity index (χ3v) is 6.81. The average Bonchev–Trinajstić information content (AvgIpc) is 3.00. The van der Waals surface area contributed by atoms with Crippen LogP contribution in [-0.4, -0.2) is 35.3 Å². The van der Waals surface area contributed by atoms with E-state index in [1.165, 1.54) is 23.2 Å². The summed E-state index contributed by atoms with van der Waals surface area (Å²) >= 11 is 0. The molecule has 7 nitrogen and oxygen atoms in total. The Morgan fingerprint density at radius 3 is 2.26 bits per heavy atom. The van der Waals surface area contributed by atoms with Gasteiger partial charge in [-0.1, -0.05) is 79.4 Å². The van der Waals surface area contributed by atoms with E-state index in [9.17, 15) is 18.4 Å². The van der Waals surface area contributed by atoms with Gasteiger partial charge in [0, 0.05) is 30.4 Å². The van der Waals surface area contributed by atoms with E-state index in [1.54, 1.807) is 15.8 Å². The van der Waals surface area contributed by atoms with E-state index >= 15 is 0 Å². The third-order valence-electron chi connectivity index (χ3n) is 6.81. The molecule has 0 bridgehead atoms. The summed E-state index contributed by atoms with van der Waals surface area (Å²) in [6.07, 6.45) is 4.56. The van der Waals surface area contributed by atoms with Crippen molar-refractivity contribution < 1.29 is 23.0 Å². The molecule has 0 fully saturated rings. The molecule has 1 amide bonds. The van der Waals surface area contributed by atoms with E-state index in [4.69, 9.17) is 9.47 Å². The number of halogens is 2. The van der Waals surface area contributed by atoms with Crippen LogP contribution in [0.5, 0.6) is 11.5 Å². The van der Waals surface area contributed by atoms with Crippen LogP contribution >= 0.6 is 0 Å². The maximum absolute atomic E-state index is 14.8. The second kappa shape index (κ2) is 12.6. The second-order valence-corrected chi connectivity index (χ2v) is 9.59. The first kappa shape index (κ1) is 28.4. The number of ether oxygens (including phenoxy) is 2. The fourth-order valence-corrected chi connectivity index (χ4v) is 4.93. The lowest BCUT2D eigenvalue weighted by atomic mass is 9.96. The molecular weight excluding hydrogens is 540 g/mol.